The standard InChI is InChI=1S/C78H85N9O4/c1-10-19-20-21-22-27-44-85-69-42-32-53(51-79-86-75(88)59-28-23-25-30-63(59)77(86)65-38-34-55(81(11-2)12-3)47-71(65)90-72-48-56(35-39-66(72)77)82(13-4)14-5)45-61(69)62-46-54(33-43-70(62)85)52-80-87-76(89)60-29-24-26-31-64(60)78(87)67-40-36-57(83(15-6)16-7)49-73(67)91-74-50-58(37-41-68(74)78)84(17-8)18-9/h23-26,28-43,45-52H,10-22,27,44H2,1-9H3/b79-51+,80-52+. The summed E-state index contributed by atoms with van der Waals surface area (Å²) in [4.78, 5) is 40.0. The Hall–Kier alpha value is -9.36. The van der Waals surface area contributed by atoms with E-state index in [1.807, 2.05) is 48.8 Å². The van der Waals surface area contributed by atoms with E-state index >= 15 is 9.59 Å². The predicted molar refractivity (Wildman–Crippen MR) is 373 cm³/mol. The highest BCUT2D eigenvalue weighted by Gasteiger charge is 2.59. The van der Waals surface area contributed by atoms with Crippen molar-refractivity contribution >= 4 is 68.8 Å². The van der Waals surface area contributed by atoms with Crippen molar-refractivity contribution in [1.29, 1.82) is 0 Å². The summed E-state index contributed by atoms with van der Waals surface area (Å²) in [6, 6.07) is 54.7. The number of ether oxygens (including phenoxy) is 2. The van der Waals surface area contributed by atoms with Gasteiger partial charge in [0, 0.05) is 172 Å². The third-order valence-electron chi connectivity index (χ3n) is 19.8. The summed E-state index contributed by atoms with van der Waals surface area (Å²) in [5, 5.41) is 16.2. The maximum absolute atomic E-state index is 15.3. The van der Waals surface area contributed by atoms with Crippen molar-refractivity contribution < 1.29 is 19.1 Å². The second-order valence-electron chi connectivity index (χ2n) is 24.3. The zero-order chi connectivity index (χ0) is 63.1. The van der Waals surface area contributed by atoms with Crippen LogP contribution < -0.4 is 29.1 Å². The fraction of sp³-hybridized carbons (Fsp3) is 0.333. The van der Waals surface area contributed by atoms with Crippen LogP contribution in [0.5, 0.6) is 23.0 Å². The van der Waals surface area contributed by atoms with Crippen LogP contribution in [0, 0.1) is 0 Å². The van der Waals surface area contributed by atoms with Crippen LogP contribution in [-0.4, -0.2) is 91.2 Å². The number of aryl methyl sites for hydroxylation is 1. The first kappa shape index (κ1) is 60.5. The zero-order valence-corrected chi connectivity index (χ0v) is 54.4. The Labute approximate surface area is 536 Å². The number of hydrogen-bond acceptors (Lipinski definition) is 10. The highest BCUT2D eigenvalue weighted by atomic mass is 16.5. The van der Waals surface area contributed by atoms with Gasteiger partial charge in [-0.05, 0) is 134 Å². The fourth-order valence-electron chi connectivity index (χ4n) is 15.1. The summed E-state index contributed by atoms with van der Waals surface area (Å²) in [6.45, 7) is 27.2. The molecule has 0 unspecified atom stereocenters. The van der Waals surface area contributed by atoms with Crippen LogP contribution in [-0.2, 0) is 17.6 Å². The molecule has 0 radical (unpaired) electrons. The minimum atomic E-state index is -1.14. The van der Waals surface area contributed by atoms with E-state index in [4.69, 9.17) is 19.7 Å². The summed E-state index contributed by atoms with van der Waals surface area (Å²) in [5.74, 6) is 2.42. The van der Waals surface area contributed by atoms with Gasteiger partial charge in [0.25, 0.3) is 11.8 Å². The van der Waals surface area contributed by atoms with Crippen molar-refractivity contribution in [2.24, 2.45) is 10.2 Å². The van der Waals surface area contributed by atoms with Crippen LogP contribution in [0.2, 0.25) is 0 Å². The lowest BCUT2D eigenvalue weighted by Gasteiger charge is -2.42. The van der Waals surface area contributed by atoms with Gasteiger partial charge in [0.05, 0.1) is 12.4 Å². The van der Waals surface area contributed by atoms with Crippen molar-refractivity contribution in [3.8, 4) is 23.0 Å². The molecule has 0 N–H and O–H groups in total. The van der Waals surface area contributed by atoms with Crippen molar-refractivity contribution in [2.75, 3.05) is 72.0 Å². The Bertz CT molecular complexity index is 3910. The topological polar surface area (TPSA) is 102 Å². The van der Waals surface area contributed by atoms with Gasteiger partial charge in [0.2, 0.25) is 0 Å². The van der Waals surface area contributed by atoms with Gasteiger partial charge in [-0.2, -0.15) is 10.2 Å². The largest absolute Gasteiger partial charge is 0.456 e. The van der Waals surface area contributed by atoms with Gasteiger partial charge < -0.3 is 33.6 Å². The molecular formula is C78H85N9O4. The zero-order valence-electron chi connectivity index (χ0n) is 54.4. The van der Waals surface area contributed by atoms with Crippen molar-refractivity contribution in [3.63, 3.8) is 0 Å². The summed E-state index contributed by atoms with van der Waals surface area (Å²) >= 11 is 0. The third-order valence-corrected chi connectivity index (χ3v) is 19.8. The third kappa shape index (κ3) is 9.88. The molecule has 13 rings (SSSR count). The molecule has 0 fully saturated rings. The van der Waals surface area contributed by atoms with Crippen molar-refractivity contribution in [3.05, 3.63) is 213 Å². The number of rotatable bonds is 23. The van der Waals surface area contributed by atoms with Crippen molar-refractivity contribution in [1.82, 2.24) is 14.6 Å². The molecule has 1 aromatic heterocycles. The van der Waals surface area contributed by atoms with E-state index in [0.29, 0.717) is 34.1 Å². The SMILES string of the molecule is CCCCCCCCn1c2ccc(/C=N/N3C(=O)c4ccccc4C34c3ccc(N(CC)CC)cc3Oc3cc(N(CC)CC)ccc34)cc2c2cc(/C=N/N3C(=O)c4ccccc4C34c3ccc(N(CC)CC)cc3Oc3cc(N(CC)CC)ccc34)ccc21. The van der Waals surface area contributed by atoms with E-state index < -0.39 is 11.1 Å². The average molecular weight is 1210 g/mol. The smallest absolute Gasteiger partial charge is 0.275 e. The maximum Gasteiger partial charge on any atom is 0.275 e. The van der Waals surface area contributed by atoms with Crippen molar-refractivity contribution in [2.45, 2.75) is 118 Å². The van der Waals surface area contributed by atoms with E-state index in [0.717, 1.165) is 161 Å². The Morgan fingerprint density at radius 1 is 0.385 bits per heavy atom. The molecule has 8 aromatic carbocycles. The normalized spacial score (nSPS) is 14.7. The molecule has 9 aromatic rings. The van der Waals surface area contributed by atoms with E-state index in [1.54, 1.807) is 10.0 Å². The number of benzene rings is 8. The molecule has 4 aliphatic heterocycles. The van der Waals surface area contributed by atoms with Crippen LogP contribution in [0.3, 0.4) is 0 Å². The van der Waals surface area contributed by atoms with Crippen LogP contribution in [0.4, 0.5) is 22.7 Å². The highest BCUT2D eigenvalue weighted by molar-refractivity contribution is 6.11. The van der Waals surface area contributed by atoms with E-state index in [9.17, 15) is 0 Å². The number of nitrogens with zero attached hydrogens (tertiary/aromatic N) is 9. The molecule has 466 valence electrons. The molecule has 2 amide bonds. The molecule has 2 spiro atoms. The summed E-state index contributed by atoms with van der Waals surface area (Å²) in [5.41, 5.74) is 12.2. The van der Waals surface area contributed by atoms with Gasteiger partial charge in [-0.15, -0.1) is 0 Å². The molecular weight excluding hydrogens is 1130 g/mol. The van der Waals surface area contributed by atoms with Crippen LogP contribution in [0.1, 0.15) is 166 Å². The number of anilines is 4. The Kier molecular flexibility index (Phi) is 16.7. The Morgan fingerprint density at radius 2 is 0.725 bits per heavy atom. The second-order valence-corrected chi connectivity index (χ2v) is 24.3. The first-order chi connectivity index (χ1) is 44.5. The molecule has 0 atom stereocenters. The van der Waals surface area contributed by atoms with Gasteiger partial charge in [-0.25, -0.2) is 10.0 Å². The van der Waals surface area contributed by atoms with E-state index in [-0.39, 0.29) is 11.8 Å². The van der Waals surface area contributed by atoms with E-state index in [1.165, 1.54) is 25.7 Å². The summed E-state index contributed by atoms with van der Waals surface area (Å²) in [6.07, 6.45) is 10.8. The van der Waals surface area contributed by atoms with Gasteiger partial charge >= 0.3 is 0 Å². The first-order valence-electron chi connectivity index (χ1n) is 33.5. The number of unbranched alkanes of at least 4 members (excludes halogenated alkanes) is 5. The molecule has 13 nitrogen and oxygen atoms in total. The number of carbonyl (C=O) groups is 2. The lowest BCUT2D eigenvalue weighted by molar-refractivity contribution is 0.0667. The first-order valence-corrected chi connectivity index (χ1v) is 33.5. The van der Waals surface area contributed by atoms with Gasteiger partial charge in [0.1, 0.15) is 34.1 Å². The average Bonchev–Trinajstić information content (AvgIpc) is 1.62. The molecule has 13 heteroatoms. The van der Waals surface area contributed by atoms with Gasteiger partial charge in [-0.3, -0.25) is 9.59 Å². The number of carbonyl (C=O) groups excluding carboxylic acids is 2. The molecule has 91 heavy (non-hydrogen) atoms. The molecule has 0 saturated heterocycles. The molecule has 0 aliphatic carbocycles. The minimum Gasteiger partial charge on any atom is -0.456 e. The lowest BCUT2D eigenvalue weighted by Crippen LogP contribution is -2.44. The molecule has 4 aliphatic rings. The molecule has 0 saturated carbocycles. The number of hydrogen-bond donors (Lipinski definition) is 0. The maximum atomic E-state index is 15.3. The Balaban J connectivity index is 0.940. The van der Waals surface area contributed by atoms with Crippen LogP contribution >= 0.6 is 0 Å². The number of fused-ring (bicyclic) bond motifs is 15. The monoisotopic (exact) mass is 1210 g/mol. The highest BCUT2D eigenvalue weighted by Crippen LogP contribution is 2.60. The molecule has 5 heterocycles. The van der Waals surface area contributed by atoms with Gasteiger partial charge in [0.15, 0.2) is 0 Å². The second kappa shape index (κ2) is 25.1. The number of amides is 2. The van der Waals surface area contributed by atoms with E-state index in [2.05, 4.69) is 208 Å². The fourth-order valence-corrected chi connectivity index (χ4v) is 15.1. The summed E-state index contributed by atoms with van der Waals surface area (Å²) in [7, 11) is 0. The number of hydrazone groups is 2. The van der Waals surface area contributed by atoms with Crippen LogP contribution in [0.25, 0.3) is 21.8 Å². The quantitative estimate of drug-likeness (QED) is 0.0461. The Morgan fingerprint density at radius 3 is 1.08 bits per heavy atom. The van der Waals surface area contributed by atoms with Crippen LogP contribution in [0.15, 0.2) is 168 Å². The lowest BCUT2D eigenvalue weighted by atomic mass is 9.75. The summed E-state index contributed by atoms with van der Waals surface area (Å²) < 4.78 is 16.5. The van der Waals surface area contributed by atoms with Gasteiger partial charge in [-0.1, -0.05) is 112 Å². The number of aromatic nitrogens is 1. The minimum absolute atomic E-state index is 0.185. The predicted octanol–water partition coefficient (Wildman–Crippen LogP) is 17.3. The molecule has 0 bridgehead atoms.